The van der Waals surface area contributed by atoms with Gasteiger partial charge in [-0.3, -0.25) is 4.79 Å². The molecule has 1 unspecified atom stereocenters. The first-order valence-corrected chi connectivity index (χ1v) is 10.7. The quantitative estimate of drug-likeness (QED) is 0.571. The van der Waals surface area contributed by atoms with Crippen LogP contribution in [0.2, 0.25) is 0 Å². The van der Waals surface area contributed by atoms with Crippen LogP contribution in [0.3, 0.4) is 0 Å². The summed E-state index contributed by atoms with van der Waals surface area (Å²) in [6.45, 7) is 8.87. The van der Waals surface area contributed by atoms with Crippen molar-refractivity contribution >= 4 is 5.91 Å². The molecule has 1 saturated heterocycles. The Bertz CT molecular complexity index is 1130. The first-order valence-electron chi connectivity index (χ1n) is 10.7. The molecule has 1 amide bonds. The van der Waals surface area contributed by atoms with Crippen LogP contribution in [-0.4, -0.2) is 39.0 Å². The lowest BCUT2D eigenvalue weighted by Crippen LogP contribution is -2.39. The Kier molecular flexibility index (Phi) is 5.79. The third kappa shape index (κ3) is 4.54. The molecule has 2 aromatic heterocycles. The van der Waals surface area contributed by atoms with E-state index < -0.39 is 17.5 Å². The van der Waals surface area contributed by atoms with E-state index in [0.29, 0.717) is 24.7 Å². The highest BCUT2D eigenvalue weighted by molar-refractivity contribution is 5.94. The number of likely N-dealkylation sites (tertiary alicyclic amines) is 1. The topological polar surface area (TPSA) is 72.1 Å². The Balaban J connectivity index is 1.69. The molecule has 32 heavy (non-hydrogen) atoms. The van der Waals surface area contributed by atoms with Gasteiger partial charge in [0.25, 0.3) is 5.91 Å². The highest BCUT2D eigenvalue weighted by Crippen LogP contribution is 2.35. The average Bonchev–Trinajstić information content (AvgIpc) is 3.17. The molecule has 4 rings (SSSR count). The molecular weight excluding hydrogens is 414 g/mol. The van der Waals surface area contributed by atoms with E-state index in [9.17, 15) is 13.6 Å². The molecule has 0 spiro atoms. The first kappa shape index (κ1) is 22.0. The van der Waals surface area contributed by atoms with E-state index in [4.69, 9.17) is 9.51 Å². The summed E-state index contributed by atoms with van der Waals surface area (Å²) in [4.78, 5) is 24.1. The van der Waals surface area contributed by atoms with Crippen LogP contribution in [0.1, 0.15) is 67.1 Å². The number of carbonyl (C=O) groups excluding carboxylic acids is 1. The second-order valence-electron chi connectivity index (χ2n) is 9.32. The Morgan fingerprint density at radius 1 is 1.16 bits per heavy atom. The Morgan fingerprint density at radius 2 is 1.88 bits per heavy atom. The summed E-state index contributed by atoms with van der Waals surface area (Å²) in [5.74, 6) is -0.728. The second-order valence-corrected chi connectivity index (χ2v) is 9.32. The van der Waals surface area contributed by atoms with Crippen LogP contribution in [0.4, 0.5) is 8.78 Å². The highest BCUT2D eigenvalue weighted by atomic mass is 19.1. The number of aromatic nitrogens is 3. The SMILES string of the molecule is Cc1cc(-c2cnc(C(C)(C)C)nc2C2CCCN(C(=O)c3cc(F)cc(F)c3)C2)on1. The van der Waals surface area contributed by atoms with Crippen LogP contribution < -0.4 is 0 Å². The molecule has 0 aliphatic carbocycles. The van der Waals surface area contributed by atoms with Crippen LogP contribution in [0.25, 0.3) is 11.3 Å². The van der Waals surface area contributed by atoms with Gasteiger partial charge in [-0.15, -0.1) is 0 Å². The van der Waals surface area contributed by atoms with Crippen LogP contribution in [0.5, 0.6) is 0 Å². The van der Waals surface area contributed by atoms with E-state index in [1.165, 1.54) is 0 Å². The Morgan fingerprint density at radius 3 is 2.50 bits per heavy atom. The molecule has 1 aromatic carbocycles. The number of benzene rings is 1. The smallest absolute Gasteiger partial charge is 0.254 e. The molecule has 3 heterocycles. The Hall–Kier alpha value is -3.16. The van der Waals surface area contributed by atoms with Crippen molar-refractivity contribution in [2.75, 3.05) is 13.1 Å². The number of piperidine rings is 1. The van der Waals surface area contributed by atoms with Crippen molar-refractivity contribution in [3.05, 3.63) is 64.9 Å². The van der Waals surface area contributed by atoms with Gasteiger partial charge in [0, 0.05) is 48.3 Å². The molecule has 3 aromatic rings. The first-order chi connectivity index (χ1) is 15.1. The van der Waals surface area contributed by atoms with Crippen molar-refractivity contribution < 1.29 is 18.1 Å². The van der Waals surface area contributed by atoms with Crippen molar-refractivity contribution in [3.63, 3.8) is 0 Å². The predicted octanol–water partition coefficient (Wildman–Crippen LogP) is 5.04. The monoisotopic (exact) mass is 440 g/mol. The van der Waals surface area contributed by atoms with Crippen molar-refractivity contribution in [2.24, 2.45) is 0 Å². The van der Waals surface area contributed by atoms with Gasteiger partial charge in [-0.05, 0) is 31.9 Å². The van der Waals surface area contributed by atoms with Gasteiger partial charge in [-0.1, -0.05) is 25.9 Å². The van der Waals surface area contributed by atoms with Gasteiger partial charge in [-0.2, -0.15) is 0 Å². The lowest BCUT2D eigenvalue weighted by Gasteiger charge is -2.33. The zero-order chi connectivity index (χ0) is 23.0. The molecule has 0 bridgehead atoms. The van der Waals surface area contributed by atoms with Crippen LogP contribution in [0, 0.1) is 18.6 Å². The molecule has 1 fully saturated rings. The van der Waals surface area contributed by atoms with E-state index in [-0.39, 0.29) is 16.9 Å². The fraction of sp³-hybridized carbons (Fsp3) is 0.417. The zero-order valence-electron chi connectivity index (χ0n) is 18.7. The van der Waals surface area contributed by atoms with Crippen molar-refractivity contribution in [3.8, 4) is 11.3 Å². The molecule has 168 valence electrons. The maximum atomic E-state index is 13.7. The largest absolute Gasteiger partial charge is 0.356 e. The molecule has 0 N–H and O–H groups in total. The molecule has 1 atom stereocenters. The van der Waals surface area contributed by atoms with Crippen LogP contribution >= 0.6 is 0 Å². The summed E-state index contributed by atoms with van der Waals surface area (Å²) in [6.07, 6.45) is 3.32. The maximum absolute atomic E-state index is 13.7. The second kappa shape index (κ2) is 8.41. The fourth-order valence-corrected chi connectivity index (χ4v) is 3.99. The van der Waals surface area contributed by atoms with Gasteiger partial charge in [0.15, 0.2) is 5.76 Å². The van der Waals surface area contributed by atoms with E-state index in [1.807, 2.05) is 33.8 Å². The summed E-state index contributed by atoms with van der Waals surface area (Å²) in [7, 11) is 0. The zero-order valence-corrected chi connectivity index (χ0v) is 18.7. The van der Waals surface area contributed by atoms with E-state index in [0.717, 1.165) is 48.0 Å². The number of hydrogen-bond acceptors (Lipinski definition) is 5. The number of halogens is 2. The lowest BCUT2D eigenvalue weighted by molar-refractivity contribution is 0.0704. The number of amides is 1. The minimum atomic E-state index is -0.768. The summed E-state index contributed by atoms with van der Waals surface area (Å²) in [5.41, 5.74) is 2.04. The Labute approximate surface area is 185 Å². The fourth-order valence-electron chi connectivity index (χ4n) is 3.99. The highest BCUT2D eigenvalue weighted by Gasteiger charge is 2.31. The van der Waals surface area contributed by atoms with Crippen molar-refractivity contribution in [1.82, 2.24) is 20.0 Å². The molecule has 0 radical (unpaired) electrons. The number of carbonyl (C=O) groups is 1. The summed E-state index contributed by atoms with van der Waals surface area (Å²) >= 11 is 0. The van der Waals surface area contributed by atoms with Gasteiger partial charge in [-0.25, -0.2) is 18.7 Å². The molecule has 0 saturated carbocycles. The number of nitrogens with zero attached hydrogens (tertiary/aromatic N) is 4. The van der Waals surface area contributed by atoms with Crippen molar-refractivity contribution in [1.29, 1.82) is 0 Å². The normalized spacial score (nSPS) is 16.9. The number of hydrogen-bond donors (Lipinski definition) is 0. The third-order valence-electron chi connectivity index (χ3n) is 5.59. The van der Waals surface area contributed by atoms with Gasteiger partial charge < -0.3 is 9.42 Å². The molecular formula is C24H26F2N4O2. The maximum Gasteiger partial charge on any atom is 0.254 e. The molecule has 1 aliphatic rings. The van der Waals surface area contributed by atoms with Gasteiger partial charge in [0.1, 0.15) is 17.5 Å². The predicted molar refractivity (Wildman–Crippen MR) is 115 cm³/mol. The van der Waals surface area contributed by atoms with Crippen LogP contribution in [-0.2, 0) is 5.41 Å². The minimum Gasteiger partial charge on any atom is -0.356 e. The van der Waals surface area contributed by atoms with Gasteiger partial charge in [0.05, 0.1) is 17.0 Å². The lowest BCUT2D eigenvalue weighted by atomic mass is 9.89. The summed E-state index contributed by atoms with van der Waals surface area (Å²) < 4.78 is 32.8. The minimum absolute atomic E-state index is 0.00676. The van der Waals surface area contributed by atoms with Gasteiger partial charge >= 0.3 is 0 Å². The standard InChI is InChI=1S/C24H26F2N4O2/c1-14-8-20(32-29-14)19-12-27-23(24(2,3)4)28-21(19)15-6-5-7-30(13-15)22(31)16-9-17(25)11-18(26)10-16/h8-12,15H,5-7,13H2,1-4H3. The van der Waals surface area contributed by atoms with Gasteiger partial charge in [0.2, 0.25) is 0 Å². The van der Waals surface area contributed by atoms with Crippen molar-refractivity contribution in [2.45, 2.75) is 51.9 Å². The van der Waals surface area contributed by atoms with Crippen LogP contribution in [0.15, 0.2) is 35.0 Å². The number of rotatable bonds is 3. The average molecular weight is 440 g/mol. The van der Waals surface area contributed by atoms with E-state index >= 15 is 0 Å². The van der Waals surface area contributed by atoms with E-state index in [2.05, 4.69) is 10.1 Å². The summed E-state index contributed by atoms with van der Waals surface area (Å²) in [5, 5.41) is 3.98. The molecule has 8 heteroatoms. The third-order valence-corrected chi connectivity index (χ3v) is 5.59. The number of aryl methyl sites for hydroxylation is 1. The molecule has 1 aliphatic heterocycles. The molecule has 6 nitrogen and oxygen atoms in total. The summed E-state index contributed by atoms with van der Waals surface area (Å²) in [6, 6.07) is 4.73. The van der Waals surface area contributed by atoms with E-state index in [1.54, 1.807) is 11.1 Å².